The largest absolute Gasteiger partial charge is 0.348 e. The highest BCUT2D eigenvalue weighted by Crippen LogP contribution is 2.27. The monoisotopic (exact) mass is 402 g/mol. The number of nitrogens with zero attached hydrogens (tertiary/aromatic N) is 3. The number of imidazole rings is 1. The summed E-state index contributed by atoms with van der Waals surface area (Å²) < 4.78 is 0. The molecule has 0 aliphatic carbocycles. The van der Waals surface area contributed by atoms with E-state index in [0.29, 0.717) is 0 Å². The van der Waals surface area contributed by atoms with E-state index < -0.39 is 0 Å². The summed E-state index contributed by atoms with van der Waals surface area (Å²) in [5, 5.41) is 0. The van der Waals surface area contributed by atoms with Crippen molar-refractivity contribution in [1.82, 2.24) is 19.8 Å². The molecule has 5 heteroatoms. The van der Waals surface area contributed by atoms with Crippen LogP contribution < -0.4 is 0 Å². The molecule has 1 N–H and O–H groups in total. The van der Waals surface area contributed by atoms with Crippen molar-refractivity contribution < 1.29 is 4.79 Å². The number of nitrogens with one attached hydrogen (secondary N) is 1. The van der Waals surface area contributed by atoms with Crippen molar-refractivity contribution in [2.45, 2.75) is 26.3 Å². The fraction of sp³-hybridized carbons (Fsp3) is 0.360. The van der Waals surface area contributed by atoms with Crippen LogP contribution in [0.15, 0.2) is 67.0 Å². The Labute approximate surface area is 178 Å². The van der Waals surface area contributed by atoms with Crippen LogP contribution in [0.4, 0.5) is 0 Å². The van der Waals surface area contributed by atoms with Gasteiger partial charge in [0.2, 0.25) is 5.91 Å². The summed E-state index contributed by atoms with van der Waals surface area (Å²) in [6, 6.07) is 18.9. The van der Waals surface area contributed by atoms with Gasteiger partial charge in [0, 0.05) is 38.6 Å². The Morgan fingerprint density at radius 3 is 2.63 bits per heavy atom. The molecule has 0 saturated carbocycles. The Kier molecular flexibility index (Phi) is 6.60. The number of carbonyl (C=O) groups excluding carboxylic acids is 1. The zero-order chi connectivity index (χ0) is 20.8. The molecule has 1 aliphatic heterocycles. The lowest BCUT2D eigenvalue weighted by Crippen LogP contribution is -2.37. The zero-order valence-corrected chi connectivity index (χ0v) is 17.6. The van der Waals surface area contributed by atoms with Gasteiger partial charge in [-0.15, -0.1) is 0 Å². The molecule has 2 heterocycles. The molecule has 156 valence electrons. The molecular weight excluding hydrogens is 372 g/mol. The number of aromatic nitrogens is 2. The topological polar surface area (TPSA) is 52.2 Å². The summed E-state index contributed by atoms with van der Waals surface area (Å²) in [6.45, 7) is 6.12. The minimum atomic E-state index is -0.0566. The molecule has 0 unspecified atom stereocenters. The average molecular weight is 403 g/mol. The van der Waals surface area contributed by atoms with Gasteiger partial charge in [-0.1, -0.05) is 61.5 Å². The second-order valence-corrected chi connectivity index (χ2v) is 8.02. The van der Waals surface area contributed by atoms with Gasteiger partial charge in [0.1, 0.15) is 5.82 Å². The fourth-order valence-electron chi connectivity index (χ4n) is 4.36. The third-order valence-corrected chi connectivity index (χ3v) is 5.82. The minimum Gasteiger partial charge on any atom is -0.348 e. The Morgan fingerprint density at radius 1 is 1.07 bits per heavy atom. The summed E-state index contributed by atoms with van der Waals surface area (Å²) in [5.41, 5.74) is 3.65. The quantitative estimate of drug-likeness (QED) is 0.650. The van der Waals surface area contributed by atoms with E-state index in [1.54, 1.807) is 6.20 Å². The zero-order valence-electron chi connectivity index (χ0n) is 17.6. The standard InChI is InChI=1S/C25H30N4O/c1-2-14-29-16-15-28(19-24-26-12-13-27-24)18-22(25(29)30)17-21-10-6-7-11-23(21)20-8-4-3-5-9-20/h3-13,22H,2,14-19H2,1H3,(H,26,27)/t22-/m0/s1. The number of benzene rings is 2. The molecule has 0 bridgehead atoms. The van der Waals surface area contributed by atoms with Crippen LogP contribution in [0.25, 0.3) is 11.1 Å². The van der Waals surface area contributed by atoms with Gasteiger partial charge in [-0.25, -0.2) is 4.98 Å². The number of H-pyrrole nitrogens is 1. The summed E-state index contributed by atoms with van der Waals surface area (Å²) >= 11 is 0. The van der Waals surface area contributed by atoms with E-state index >= 15 is 0 Å². The summed E-state index contributed by atoms with van der Waals surface area (Å²) in [6.07, 6.45) is 5.38. The number of hydrogen-bond donors (Lipinski definition) is 1. The van der Waals surface area contributed by atoms with E-state index in [1.807, 2.05) is 12.3 Å². The van der Waals surface area contributed by atoms with Gasteiger partial charge in [0.05, 0.1) is 12.5 Å². The summed E-state index contributed by atoms with van der Waals surface area (Å²) in [7, 11) is 0. The maximum absolute atomic E-state index is 13.4. The second-order valence-electron chi connectivity index (χ2n) is 8.02. The van der Waals surface area contributed by atoms with Crippen molar-refractivity contribution in [3.05, 3.63) is 78.4 Å². The van der Waals surface area contributed by atoms with Gasteiger partial charge < -0.3 is 9.88 Å². The maximum atomic E-state index is 13.4. The van der Waals surface area contributed by atoms with Crippen LogP contribution in [-0.4, -0.2) is 51.9 Å². The molecule has 1 aromatic heterocycles. The van der Waals surface area contributed by atoms with Crippen LogP contribution in [-0.2, 0) is 17.8 Å². The minimum absolute atomic E-state index is 0.0566. The summed E-state index contributed by atoms with van der Waals surface area (Å²) in [4.78, 5) is 25.4. The fourth-order valence-corrected chi connectivity index (χ4v) is 4.36. The molecule has 30 heavy (non-hydrogen) atoms. The lowest BCUT2D eigenvalue weighted by atomic mass is 9.91. The Bertz CT molecular complexity index is 939. The number of aromatic amines is 1. The first-order chi connectivity index (χ1) is 14.7. The van der Waals surface area contributed by atoms with E-state index in [-0.39, 0.29) is 11.8 Å². The predicted molar refractivity (Wildman–Crippen MR) is 120 cm³/mol. The smallest absolute Gasteiger partial charge is 0.227 e. The molecular formula is C25H30N4O. The second kappa shape index (κ2) is 9.72. The van der Waals surface area contributed by atoms with Crippen molar-refractivity contribution in [2.75, 3.05) is 26.2 Å². The van der Waals surface area contributed by atoms with Gasteiger partial charge in [-0.05, 0) is 29.5 Å². The number of amides is 1. The number of carbonyl (C=O) groups is 1. The van der Waals surface area contributed by atoms with Crippen LogP contribution in [0, 0.1) is 5.92 Å². The van der Waals surface area contributed by atoms with Crippen molar-refractivity contribution >= 4 is 5.91 Å². The molecule has 1 fully saturated rings. The molecule has 1 saturated heterocycles. The van der Waals surface area contributed by atoms with Crippen molar-refractivity contribution in [1.29, 1.82) is 0 Å². The first-order valence-electron chi connectivity index (χ1n) is 10.9. The molecule has 0 radical (unpaired) electrons. The Morgan fingerprint density at radius 2 is 1.87 bits per heavy atom. The number of rotatable bonds is 7. The van der Waals surface area contributed by atoms with Gasteiger partial charge >= 0.3 is 0 Å². The highest BCUT2D eigenvalue weighted by Gasteiger charge is 2.30. The van der Waals surface area contributed by atoms with Crippen LogP contribution in [0.3, 0.4) is 0 Å². The van der Waals surface area contributed by atoms with Gasteiger partial charge in [-0.3, -0.25) is 9.69 Å². The van der Waals surface area contributed by atoms with Crippen LogP contribution in [0.1, 0.15) is 24.7 Å². The maximum Gasteiger partial charge on any atom is 0.227 e. The molecule has 1 aliphatic rings. The van der Waals surface area contributed by atoms with Gasteiger partial charge in [0.15, 0.2) is 0 Å². The molecule has 3 aromatic rings. The van der Waals surface area contributed by atoms with Crippen LogP contribution >= 0.6 is 0 Å². The highest BCUT2D eigenvalue weighted by molar-refractivity contribution is 5.80. The number of hydrogen-bond acceptors (Lipinski definition) is 3. The lowest BCUT2D eigenvalue weighted by molar-refractivity contribution is -0.134. The van der Waals surface area contributed by atoms with E-state index in [4.69, 9.17) is 0 Å². The highest BCUT2D eigenvalue weighted by atomic mass is 16.2. The SMILES string of the molecule is CCCN1CCN(Cc2ncc[nH]2)C[C@H](Cc2ccccc2-c2ccccc2)C1=O. The average Bonchev–Trinajstić information content (AvgIpc) is 3.24. The van der Waals surface area contributed by atoms with E-state index in [0.717, 1.165) is 51.4 Å². The van der Waals surface area contributed by atoms with Gasteiger partial charge in [0.25, 0.3) is 0 Å². The van der Waals surface area contributed by atoms with E-state index in [2.05, 4.69) is 75.2 Å². The predicted octanol–water partition coefficient (Wildman–Crippen LogP) is 3.99. The first-order valence-corrected chi connectivity index (χ1v) is 10.9. The van der Waals surface area contributed by atoms with E-state index in [1.165, 1.54) is 16.7 Å². The first kappa shape index (κ1) is 20.4. The van der Waals surface area contributed by atoms with Crippen LogP contribution in [0.2, 0.25) is 0 Å². The Balaban J connectivity index is 1.59. The summed E-state index contributed by atoms with van der Waals surface area (Å²) in [5.74, 6) is 1.18. The van der Waals surface area contributed by atoms with Crippen LogP contribution in [0.5, 0.6) is 0 Å². The van der Waals surface area contributed by atoms with Crippen molar-refractivity contribution in [3.8, 4) is 11.1 Å². The third-order valence-electron chi connectivity index (χ3n) is 5.82. The molecule has 0 spiro atoms. The molecule has 2 aromatic carbocycles. The van der Waals surface area contributed by atoms with E-state index in [9.17, 15) is 4.79 Å². The molecule has 5 nitrogen and oxygen atoms in total. The van der Waals surface area contributed by atoms with Gasteiger partial charge in [-0.2, -0.15) is 0 Å². The lowest BCUT2D eigenvalue weighted by Gasteiger charge is -2.24. The normalized spacial score (nSPS) is 17.8. The van der Waals surface area contributed by atoms with Crippen molar-refractivity contribution in [2.24, 2.45) is 5.92 Å². The van der Waals surface area contributed by atoms with Crippen molar-refractivity contribution in [3.63, 3.8) is 0 Å². The molecule has 4 rings (SSSR count). The third kappa shape index (κ3) is 4.79. The Hall–Kier alpha value is -2.92. The molecule has 1 amide bonds. The molecule has 1 atom stereocenters.